The number of carbonyl (C=O) groups excluding carboxylic acids is 2. The Kier molecular flexibility index (Phi) is 5.18. The van der Waals surface area contributed by atoms with Crippen molar-refractivity contribution in [3.63, 3.8) is 0 Å². The number of fused-ring (bicyclic) bond motifs is 2. The first-order chi connectivity index (χ1) is 16.0. The number of para-hydroxylation sites is 1. The third kappa shape index (κ3) is 3.56. The Labute approximate surface area is 193 Å². The number of nitrogens with zero attached hydrogens (tertiary/aromatic N) is 1. The molecule has 4 aromatic rings. The van der Waals surface area contributed by atoms with Gasteiger partial charge in [-0.2, -0.15) is 0 Å². The van der Waals surface area contributed by atoms with E-state index in [9.17, 15) is 14.7 Å². The average Bonchev–Trinajstić information content (AvgIpc) is 3.44. The number of phenols is 1. The molecule has 1 aliphatic heterocycles. The van der Waals surface area contributed by atoms with Crippen LogP contribution in [0.4, 0.5) is 0 Å². The molecule has 8 nitrogen and oxygen atoms in total. The van der Waals surface area contributed by atoms with E-state index in [1.54, 1.807) is 18.3 Å². The zero-order valence-corrected chi connectivity index (χ0v) is 18.3. The molecule has 2 aromatic carbocycles. The van der Waals surface area contributed by atoms with Gasteiger partial charge in [-0.05, 0) is 24.6 Å². The molecule has 1 aliphatic rings. The van der Waals surface area contributed by atoms with E-state index in [1.165, 1.54) is 11.8 Å². The molecule has 0 radical (unpaired) electrons. The van der Waals surface area contributed by atoms with Crippen LogP contribution >= 0.6 is 11.8 Å². The molecule has 0 fully saturated rings. The Morgan fingerprint density at radius 1 is 1.06 bits per heavy atom. The minimum absolute atomic E-state index is 0.0392. The number of aromatic hydroxyl groups is 1. The molecule has 0 bridgehead atoms. The molecule has 0 unspecified atom stereocenters. The summed E-state index contributed by atoms with van der Waals surface area (Å²) < 4.78 is 1.96. The number of H-pyrrole nitrogens is 1. The van der Waals surface area contributed by atoms with Crippen molar-refractivity contribution < 1.29 is 14.7 Å². The van der Waals surface area contributed by atoms with E-state index >= 15 is 0 Å². The fraction of sp³-hybridized carbons (Fsp3) is 0.125. The van der Waals surface area contributed by atoms with E-state index in [4.69, 9.17) is 11.1 Å². The normalized spacial score (nSPS) is 13.9. The number of hydrogen-bond donors (Lipinski definition) is 5. The van der Waals surface area contributed by atoms with Crippen molar-refractivity contribution in [1.29, 1.82) is 5.41 Å². The lowest BCUT2D eigenvalue weighted by atomic mass is 9.95. The van der Waals surface area contributed by atoms with E-state index in [2.05, 4.69) is 10.3 Å². The number of aromatic nitrogens is 2. The van der Waals surface area contributed by atoms with E-state index in [1.807, 2.05) is 41.1 Å². The molecule has 0 atom stereocenters. The van der Waals surface area contributed by atoms with Crippen LogP contribution in [0.25, 0.3) is 33.0 Å². The summed E-state index contributed by atoms with van der Waals surface area (Å²) in [6.07, 6.45) is 4.28. The summed E-state index contributed by atoms with van der Waals surface area (Å²) in [4.78, 5) is 29.1. The molecule has 6 N–H and O–H groups in total. The highest BCUT2D eigenvalue weighted by atomic mass is 32.2. The molecule has 33 heavy (non-hydrogen) atoms. The first-order valence-electron chi connectivity index (χ1n) is 10.4. The Balaban J connectivity index is 1.69. The zero-order chi connectivity index (χ0) is 23.1. The number of rotatable bonds is 6. The summed E-state index contributed by atoms with van der Waals surface area (Å²) in [6, 6.07) is 12.8. The minimum Gasteiger partial charge on any atom is -0.507 e. The largest absolute Gasteiger partial charge is 0.507 e. The predicted molar refractivity (Wildman–Crippen MR) is 131 cm³/mol. The smallest absolute Gasteiger partial charge is 0.259 e. The summed E-state index contributed by atoms with van der Waals surface area (Å²) in [5, 5.41) is 21.9. The molecule has 0 saturated heterocycles. The van der Waals surface area contributed by atoms with Crippen molar-refractivity contribution in [3.05, 3.63) is 66.0 Å². The number of hydrogen-bond acceptors (Lipinski definition) is 5. The minimum atomic E-state index is -0.491. The van der Waals surface area contributed by atoms with E-state index in [0.29, 0.717) is 28.8 Å². The summed E-state index contributed by atoms with van der Waals surface area (Å²) in [5.74, 6) is -0.244. The van der Waals surface area contributed by atoms with Gasteiger partial charge in [0.25, 0.3) is 11.8 Å². The van der Waals surface area contributed by atoms with Crippen molar-refractivity contribution in [2.45, 2.75) is 13.0 Å². The maximum Gasteiger partial charge on any atom is 0.259 e. The second kappa shape index (κ2) is 8.18. The van der Waals surface area contributed by atoms with Gasteiger partial charge < -0.3 is 20.4 Å². The van der Waals surface area contributed by atoms with E-state index < -0.39 is 11.8 Å². The van der Waals surface area contributed by atoms with Crippen LogP contribution in [0, 0.1) is 5.41 Å². The van der Waals surface area contributed by atoms with Gasteiger partial charge in [0.05, 0.1) is 16.7 Å². The number of nitrogens with two attached hydrogens (primary N) is 1. The van der Waals surface area contributed by atoms with Gasteiger partial charge in [0.1, 0.15) is 5.75 Å². The number of aryl methyl sites for hydroxylation is 1. The van der Waals surface area contributed by atoms with Gasteiger partial charge in [0.15, 0.2) is 5.17 Å². The number of nitrogens with one attached hydrogen (secondary N) is 3. The maximum atomic E-state index is 13.0. The van der Waals surface area contributed by atoms with E-state index in [-0.39, 0.29) is 22.1 Å². The van der Waals surface area contributed by atoms with Crippen LogP contribution in [0.1, 0.15) is 17.5 Å². The van der Waals surface area contributed by atoms with Crippen molar-refractivity contribution in [3.8, 4) is 5.75 Å². The first kappa shape index (κ1) is 20.9. The number of phenolic OH excluding ortho intramolecular Hbond substituents is 1. The topological polar surface area (TPSA) is 137 Å². The van der Waals surface area contributed by atoms with E-state index in [0.717, 1.165) is 22.8 Å². The predicted octanol–water partition coefficient (Wildman–Crippen LogP) is 3.41. The summed E-state index contributed by atoms with van der Waals surface area (Å²) in [5.41, 5.74) is 8.71. The maximum absolute atomic E-state index is 13.0. The molecule has 0 saturated carbocycles. The van der Waals surface area contributed by atoms with Crippen LogP contribution in [0.3, 0.4) is 0 Å². The highest BCUT2D eigenvalue weighted by Crippen LogP contribution is 2.40. The molecule has 5 rings (SSSR count). The van der Waals surface area contributed by atoms with Gasteiger partial charge in [-0.25, -0.2) is 0 Å². The lowest BCUT2D eigenvalue weighted by Gasteiger charge is -2.05. The zero-order valence-electron chi connectivity index (χ0n) is 17.5. The van der Waals surface area contributed by atoms with Crippen LogP contribution in [-0.4, -0.2) is 37.4 Å². The molecular weight excluding hydrogens is 438 g/mol. The second-order valence-electron chi connectivity index (χ2n) is 7.75. The molecular formula is C24H21N5O3S. The Morgan fingerprint density at radius 2 is 1.82 bits per heavy atom. The van der Waals surface area contributed by atoms with Crippen LogP contribution in [0.15, 0.2) is 54.9 Å². The third-order valence-electron chi connectivity index (χ3n) is 5.74. The van der Waals surface area contributed by atoms with Crippen molar-refractivity contribution in [2.75, 3.05) is 5.75 Å². The number of aromatic amines is 1. The molecule has 3 heterocycles. The van der Waals surface area contributed by atoms with Crippen LogP contribution in [-0.2, 0) is 16.1 Å². The van der Waals surface area contributed by atoms with Gasteiger partial charge in [-0.15, -0.1) is 0 Å². The lowest BCUT2D eigenvalue weighted by Crippen LogP contribution is -2.22. The summed E-state index contributed by atoms with van der Waals surface area (Å²) in [6.45, 7) is 0.603. The van der Waals surface area contributed by atoms with Crippen molar-refractivity contribution in [2.24, 2.45) is 5.73 Å². The highest BCUT2D eigenvalue weighted by molar-refractivity contribution is 8.13. The van der Waals surface area contributed by atoms with Crippen LogP contribution in [0.2, 0.25) is 0 Å². The van der Waals surface area contributed by atoms with Gasteiger partial charge >= 0.3 is 0 Å². The SMILES string of the molecule is N=C(N)SCCCn1cc(C2=C(c3c[nH]c4ccccc34)C(=O)NC2=O)c2c(O)cccc21. The molecule has 0 aliphatic carbocycles. The third-order valence-corrected chi connectivity index (χ3v) is 6.55. The molecule has 2 aromatic heterocycles. The molecule has 0 spiro atoms. The fourth-order valence-electron chi connectivity index (χ4n) is 4.37. The number of thioether (sulfide) groups is 1. The standard InChI is InChI=1S/C24H21N5O3S/c25-24(26)33-10-4-9-29-12-15(19-17(29)7-3-8-18(19)30)21-20(22(31)28-23(21)32)14-11-27-16-6-2-1-5-13(14)16/h1-3,5-8,11-12,27,30H,4,9-10H2,(H3,25,26)(H,28,31,32). The molecule has 166 valence electrons. The quantitative estimate of drug-likeness (QED) is 0.130. The lowest BCUT2D eigenvalue weighted by molar-refractivity contribution is -0.122. The number of amides is 2. The van der Waals surface area contributed by atoms with Crippen molar-refractivity contribution >= 4 is 61.7 Å². The monoisotopic (exact) mass is 459 g/mol. The number of carbonyl (C=O) groups is 2. The average molecular weight is 460 g/mol. The Bertz CT molecular complexity index is 1480. The number of imide groups is 1. The van der Waals surface area contributed by atoms with Crippen LogP contribution < -0.4 is 11.1 Å². The Hall–Kier alpha value is -3.98. The van der Waals surface area contributed by atoms with Gasteiger partial charge in [-0.3, -0.25) is 20.3 Å². The van der Waals surface area contributed by atoms with Crippen molar-refractivity contribution in [1.82, 2.24) is 14.9 Å². The number of amidine groups is 1. The summed E-state index contributed by atoms with van der Waals surface area (Å²) >= 11 is 1.27. The van der Waals surface area contributed by atoms with Gasteiger partial charge in [-0.1, -0.05) is 36.0 Å². The second-order valence-corrected chi connectivity index (χ2v) is 8.89. The van der Waals surface area contributed by atoms with Gasteiger partial charge in [0.2, 0.25) is 0 Å². The fourth-order valence-corrected chi connectivity index (χ4v) is 4.87. The molecule has 2 amide bonds. The van der Waals surface area contributed by atoms with Crippen LogP contribution in [0.5, 0.6) is 5.75 Å². The number of benzene rings is 2. The first-order valence-corrected chi connectivity index (χ1v) is 11.4. The highest BCUT2D eigenvalue weighted by Gasteiger charge is 2.35. The Morgan fingerprint density at radius 3 is 2.61 bits per heavy atom. The molecule has 9 heteroatoms. The van der Waals surface area contributed by atoms with Gasteiger partial charge in [0, 0.05) is 52.1 Å². The summed E-state index contributed by atoms with van der Waals surface area (Å²) in [7, 11) is 0.